The molecule has 10 rings (SSSR count). The lowest BCUT2D eigenvalue weighted by molar-refractivity contribution is 0.245. The fourth-order valence-corrected chi connectivity index (χ4v) is 11.3. The van der Waals surface area contributed by atoms with Crippen molar-refractivity contribution in [2.45, 2.75) is 116 Å². The standard InChI is InChI=1S/C54H56BClN2/c1-50(2,3)35-21-23-44(39(27-35)33-17-13-12-14-18-33)57-45-24-22-36(51(4,5)6)29-42(45)55-43-30-37(52(7,8)9)28-41-49(43)58(47-32-38(56)31-46(57)48(47)55)54(11)40-20-16-15-19-34(40)25-26-53(41,54)10/h12-24,27-32H,25-26H2,1-11H3. The Bertz CT molecular complexity index is 2690. The summed E-state index contributed by atoms with van der Waals surface area (Å²) in [4.78, 5) is 5.32. The first-order valence-corrected chi connectivity index (χ1v) is 21.8. The van der Waals surface area contributed by atoms with Crippen molar-refractivity contribution in [3.05, 3.63) is 154 Å². The van der Waals surface area contributed by atoms with E-state index in [9.17, 15) is 0 Å². The molecule has 0 spiro atoms. The first-order valence-electron chi connectivity index (χ1n) is 21.4. The first kappa shape index (κ1) is 37.5. The molecule has 2 unspecified atom stereocenters. The number of hydrogen-bond acceptors (Lipinski definition) is 2. The molecule has 6 aromatic carbocycles. The molecule has 0 N–H and O–H groups in total. The number of nitrogens with zero attached hydrogens (tertiary/aromatic N) is 2. The molecule has 0 saturated heterocycles. The van der Waals surface area contributed by atoms with Crippen LogP contribution in [0.4, 0.5) is 28.4 Å². The highest BCUT2D eigenvalue weighted by Crippen LogP contribution is 2.65. The molecule has 0 bridgehead atoms. The minimum absolute atomic E-state index is 0.00981. The minimum Gasteiger partial charge on any atom is -0.331 e. The fourth-order valence-electron chi connectivity index (χ4n) is 11.1. The van der Waals surface area contributed by atoms with Gasteiger partial charge < -0.3 is 9.80 Å². The molecule has 4 heteroatoms. The first-order chi connectivity index (χ1) is 27.3. The Balaban J connectivity index is 1.36. The van der Waals surface area contributed by atoms with E-state index in [-0.39, 0.29) is 33.9 Å². The van der Waals surface area contributed by atoms with Gasteiger partial charge in [-0.05, 0) is 122 Å². The highest BCUT2D eigenvalue weighted by atomic mass is 35.5. The van der Waals surface area contributed by atoms with E-state index in [0.717, 1.165) is 17.9 Å². The van der Waals surface area contributed by atoms with E-state index in [1.54, 1.807) is 0 Å². The van der Waals surface area contributed by atoms with E-state index in [1.807, 2.05) is 0 Å². The third kappa shape index (κ3) is 5.11. The SMILES string of the molecule is CC(C)(C)c1ccc2c(c1)B1c3cc(C(C)(C)C)cc4c3N(c3cc(Cl)cc(c31)N2c1ccc(C(C)(C)C)cc1-c1ccccc1)C1(C)c2ccccc2CCC41C. The molecular weight excluding hydrogens is 723 g/mol. The Morgan fingerprint density at radius 1 is 0.569 bits per heavy atom. The monoisotopic (exact) mass is 778 g/mol. The van der Waals surface area contributed by atoms with Crippen molar-refractivity contribution >= 4 is 63.1 Å². The van der Waals surface area contributed by atoms with Crippen LogP contribution in [-0.4, -0.2) is 6.71 Å². The molecule has 2 nitrogen and oxygen atoms in total. The quantitative estimate of drug-likeness (QED) is 0.161. The van der Waals surface area contributed by atoms with E-state index >= 15 is 0 Å². The smallest absolute Gasteiger partial charge is 0.252 e. The summed E-state index contributed by atoms with van der Waals surface area (Å²) in [5.74, 6) is 0. The predicted molar refractivity (Wildman–Crippen MR) is 250 cm³/mol. The summed E-state index contributed by atoms with van der Waals surface area (Å²) >= 11 is 7.49. The van der Waals surface area contributed by atoms with Crippen molar-refractivity contribution in [1.29, 1.82) is 0 Å². The second kappa shape index (κ2) is 12.2. The number of rotatable bonds is 2. The molecule has 58 heavy (non-hydrogen) atoms. The number of anilines is 5. The summed E-state index contributed by atoms with van der Waals surface area (Å²) < 4.78 is 0. The van der Waals surface area contributed by atoms with Gasteiger partial charge in [-0.1, -0.05) is 166 Å². The Labute approximate surface area is 352 Å². The van der Waals surface area contributed by atoms with Gasteiger partial charge in [0.1, 0.15) is 0 Å². The summed E-state index contributed by atoms with van der Waals surface area (Å²) in [6, 6.07) is 44.4. The van der Waals surface area contributed by atoms with E-state index in [2.05, 4.69) is 201 Å². The zero-order valence-electron chi connectivity index (χ0n) is 36.2. The van der Waals surface area contributed by atoms with Gasteiger partial charge >= 0.3 is 0 Å². The van der Waals surface area contributed by atoms with Crippen LogP contribution in [0.3, 0.4) is 0 Å². The van der Waals surface area contributed by atoms with Gasteiger partial charge in [0.2, 0.25) is 0 Å². The van der Waals surface area contributed by atoms with E-state index < -0.39 is 0 Å². The molecule has 0 radical (unpaired) electrons. The van der Waals surface area contributed by atoms with Gasteiger partial charge in [-0.15, -0.1) is 0 Å². The lowest BCUT2D eigenvalue weighted by atomic mass is 9.33. The van der Waals surface area contributed by atoms with Crippen LogP contribution in [0.5, 0.6) is 0 Å². The maximum atomic E-state index is 7.49. The van der Waals surface area contributed by atoms with Crippen molar-refractivity contribution in [2.24, 2.45) is 0 Å². The zero-order valence-corrected chi connectivity index (χ0v) is 37.0. The van der Waals surface area contributed by atoms with Crippen LogP contribution in [0, 0.1) is 0 Å². The fraction of sp³-hybridized carbons (Fsp3) is 0.333. The predicted octanol–water partition coefficient (Wildman–Crippen LogP) is 12.8. The van der Waals surface area contributed by atoms with Gasteiger partial charge in [0.05, 0.1) is 11.2 Å². The number of hydrogen-bond donors (Lipinski definition) is 0. The molecule has 1 aliphatic carbocycles. The van der Waals surface area contributed by atoms with Crippen LogP contribution in [0.15, 0.2) is 115 Å². The zero-order chi connectivity index (χ0) is 40.9. The summed E-state index contributed by atoms with van der Waals surface area (Å²) in [6.45, 7) is 26.2. The average Bonchev–Trinajstić information content (AvgIpc) is 3.39. The Hall–Kier alpha value is -4.73. The van der Waals surface area contributed by atoms with E-state index in [1.165, 1.54) is 89.3 Å². The Morgan fingerprint density at radius 2 is 1.17 bits per heavy atom. The number of aryl methyl sites for hydroxylation is 1. The van der Waals surface area contributed by atoms with Gasteiger partial charge in [-0.3, -0.25) is 0 Å². The molecule has 3 heterocycles. The van der Waals surface area contributed by atoms with Crippen LogP contribution < -0.4 is 26.2 Å². The van der Waals surface area contributed by atoms with Gasteiger partial charge in [0, 0.05) is 38.8 Å². The molecule has 0 amide bonds. The normalized spacial score (nSPS) is 20.3. The van der Waals surface area contributed by atoms with Crippen molar-refractivity contribution in [3.8, 4) is 11.1 Å². The molecule has 6 aromatic rings. The van der Waals surface area contributed by atoms with Crippen molar-refractivity contribution in [2.75, 3.05) is 9.80 Å². The minimum atomic E-state index is -0.333. The van der Waals surface area contributed by atoms with Crippen LogP contribution in [0.1, 0.15) is 116 Å². The highest BCUT2D eigenvalue weighted by molar-refractivity contribution is 7.00. The Morgan fingerprint density at radius 3 is 1.86 bits per heavy atom. The summed E-state index contributed by atoms with van der Waals surface area (Å²) in [7, 11) is 0. The molecule has 0 saturated carbocycles. The topological polar surface area (TPSA) is 6.48 Å². The lowest BCUT2D eigenvalue weighted by Crippen LogP contribution is -2.64. The van der Waals surface area contributed by atoms with Crippen LogP contribution in [-0.2, 0) is 33.6 Å². The molecule has 0 fully saturated rings. The van der Waals surface area contributed by atoms with Gasteiger partial charge in [0.15, 0.2) is 0 Å². The van der Waals surface area contributed by atoms with E-state index in [4.69, 9.17) is 11.6 Å². The summed E-state index contributed by atoms with van der Waals surface area (Å²) in [5, 5.41) is 0.762. The highest BCUT2D eigenvalue weighted by Gasteiger charge is 2.63. The van der Waals surface area contributed by atoms with Gasteiger partial charge in [-0.2, -0.15) is 0 Å². The van der Waals surface area contributed by atoms with E-state index in [0.29, 0.717) is 0 Å². The molecular formula is C54H56BClN2. The number of fused-ring (bicyclic) bond motifs is 9. The number of halogens is 1. The maximum absolute atomic E-state index is 7.49. The average molecular weight is 779 g/mol. The molecule has 3 aliphatic heterocycles. The lowest BCUT2D eigenvalue weighted by Gasteiger charge is -2.53. The molecule has 0 aromatic heterocycles. The molecule has 2 atom stereocenters. The third-order valence-electron chi connectivity index (χ3n) is 14.6. The van der Waals surface area contributed by atoms with Crippen molar-refractivity contribution < 1.29 is 0 Å². The summed E-state index contributed by atoms with van der Waals surface area (Å²) in [5.41, 5.74) is 20.7. The van der Waals surface area contributed by atoms with Crippen LogP contribution >= 0.6 is 11.6 Å². The number of benzene rings is 6. The Kier molecular flexibility index (Phi) is 7.88. The van der Waals surface area contributed by atoms with Crippen LogP contribution in [0.2, 0.25) is 5.02 Å². The summed E-state index contributed by atoms with van der Waals surface area (Å²) in [6.07, 6.45) is 2.15. The van der Waals surface area contributed by atoms with Gasteiger partial charge in [-0.25, -0.2) is 0 Å². The molecule has 4 aliphatic rings. The third-order valence-corrected chi connectivity index (χ3v) is 14.8. The second-order valence-corrected chi connectivity index (χ2v) is 21.5. The molecule has 292 valence electrons. The van der Waals surface area contributed by atoms with Crippen molar-refractivity contribution in [1.82, 2.24) is 0 Å². The second-order valence-electron chi connectivity index (χ2n) is 21.1. The maximum Gasteiger partial charge on any atom is 0.252 e. The van der Waals surface area contributed by atoms with Crippen LogP contribution in [0.25, 0.3) is 11.1 Å². The van der Waals surface area contributed by atoms with Crippen molar-refractivity contribution in [3.63, 3.8) is 0 Å². The van der Waals surface area contributed by atoms with Gasteiger partial charge in [0.25, 0.3) is 6.71 Å². The largest absolute Gasteiger partial charge is 0.331 e.